The Morgan fingerprint density at radius 2 is 2.31 bits per heavy atom. The van der Waals surface area contributed by atoms with Gasteiger partial charge in [0.2, 0.25) is 0 Å². The molecule has 3 heteroatoms. The van der Waals surface area contributed by atoms with Crippen LogP contribution in [0.4, 0.5) is 0 Å². The maximum Gasteiger partial charge on any atom is 0.338 e. The molecular formula is C10H10O3. The number of carboxylic acid groups (broad SMARTS) is 1. The third-order valence-electron chi connectivity index (χ3n) is 1.86. The number of hydrogen-bond acceptors (Lipinski definition) is 2. The topological polar surface area (TPSA) is 54.4 Å². The summed E-state index contributed by atoms with van der Waals surface area (Å²) >= 11 is 0. The molecule has 0 saturated carbocycles. The van der Waals surface area contributed by atoms with Crippen LogP contribution >= 0.6 is 0 Å². The second-order valence-electron chi connectivity index (χ2n) is 2.86. The van der Waals surface area contributed by atoms with E-state index in [2.05, 4.69) is 11.8 Å². The summed E-state index contributed by atoms with van der Waals surface area (Å²) in [5.41, 5.74) is -0.193. The summed E-state index contributed by atoms with van der Waals surface area (Å²) < 4.78 is 0. The van der Waals surface area contributed by atoms with Gasteiger partial charge in [0.25, 0.3) is 0 Å². The van der Waals surface area contributed by atoms with Crippen LogP contribution in [-0.4, -0.2) is 17.4 Å². The fourth-order valence-electron chi connectivity index (χ4n) is 1.19. The summed E-state index contributed by atoms with van der Waals surface area (Å²) in [6, 6.07) is 0. The minimum Gasteiger partial charge on any atom is -0.478 e. The lowest BCUT2D eigenvalue weighted by molar-refractivity contribution is -0.133. The quantitative estimate of drug-likeness (QED) is 0.230. The molecule has 0 radical (unpaired) electrons. The van der Waals surface area contributed by atoms with Crippen molar-refractivity contribution in [2.75, 3.05) is 0 Å². The van der Waals surface area contributed by atoms with E-state index in [4.69, 9.17) is 5.11 Å². The first-order valence-electron chi connectivity index (χ1n) is 4.12. The van der Waals surface area contributed by atoms with Crippen LogP contribution in [0.5, 0.6) is 0 Å². The standard InChI is InChI=1S/C10H10O3/c11-7-9(10(12)13)6-8-4-2-1-3-5-8/h6-8H,1-2,4H2,(H,12,13). The Bertz CT molecular complexity index is 304. The first-order valence-corrected chi connectivity index (χ1v) is 4.12. The second-order valence-corrected chi connectivity index (χ2v) is 2.86. The molecule has 13 heavy (non-hydrogen) atoms. The highest BCUT2D eigenvalue weighted by molar-refractivity contribution is 6.06. The van der Waals surface area contributed by atoms with Gasteiger partial charge in [-0.25, -0.2) is 4.79 Å². The lowest BCUT2D eigenvalue weighted by Gasteiger charge is -2.07. The van der Waals surface area contributed by atoms with Gasteiger partial charge in [0.05, 0.1) is 5.57 Å². The summed E-state index contributed by atoms with van der Waals surface area (Å²) in [6.45, 7) is 0. The minimum atomic E-state index is -1.18. The smallest absolute Gasteiger partial charge is 0.338 e. The summed E-state index contributed by atoms with van der Waals surface area (Å²) in [5.74, 6) is 4.55. The molecule has 1 unspecified atom stereocenters. The third-order valence-corrected chi connectivity index (χ3v) is 1.86. The van der Waals surface area contributed by atoms with Crippen LogP contribution in [0, 0.1) is 17.8 Å². The predicted octanol–water partition coefficient (Wildman–Crippen LogP) is 1.000. The third kappa shape index (κ3) is 2.75. The molecule has 1 aliphatic carbocycles. The molecule has 1 atom stereocenters. The molecule has 1 aliphatic rings. The van der Waals surface area contributed by atoms with Gasteiger partial charge in [0, 0.05) is 12.3 Å². The van der Waals surface area contributed by atoms with Crippen LogP contribution in [0.2, 0.25) is 0 Å². The van der Waals surface area contributed by atoms with E-state index in [1.807, 2.05) is 0 Å². The lowest BCUT2D eigenvalue weighted by Crippen LogP contribution is -2.06. The number of hydrogen-bond donors (Lipinski definition) is 1. The van der Waals surface area contributed by atoms with Crippen LogP contribution in [0.15, 0.2) is 11.6 Å². The summed E-state index contributed by atoms with van der Waals surface area (Å²) in [4.78, 5) is 20.8. The number of aliphatic carboxylic acids is 1. The highest BCUT2D eigenvalue weighted by Gasteiger charge is 2.10. The molecule has 0 aromatic carbocycles. The van der Waals surface area contributed by atoms with Gasteiger partial charge >= 0.3 is 5.97 Å². The van der Waals surface area contributed by atoms with Crippen molar-refractivity contribution in [1.82, 2.24) is 0 Å². The van der Waals surface area contributed by atoms with E-state index in [0.717, 1.165) is 19.3 Å². The molecular weight excluding hydrogens is 168 g/mol. The highest BCUT2D eigenvalue weighted by atomic mass is 16.4. The number of aldehydes is 1. The maximum absolute atomic E-state index is 10.5. The molecule has 0 aromatic heterocycles. The fourth-order valence-corrected chi connectivity index (χ4v) is 1.19. The van der Waals surface area contributed by atoms with E-state index in [-0.39, 0.29) is 11.5 Å². The molecule has 0 aliphatic heterocycles. The molecule has 1 N–H and O–H groups in total. The minimum absolute atomic E-state index is 0.0648. The van der Waals surface area contributed by atoms with Crippen molar-refractivity contribution in [2.24, 2.45) is 5.92 Å². The Labute approximate surface area is 76.4 Å². The molecule has 0 saturated heterocycles. The van der Waals surface area contributed by atoms with E-state index < -0.39 is 5.97 Å². The van der Waals surface area contributed by atoms with Crippen molar-refractivity contribution in [3.8, 4) is 11.8 Å². The number of allylic oxidation sites excluding steroid dienone is 1. The predicted molar refractivity (Wildman–Crippen MR) is 46.9 cm³/mol. The van der Waals surface area contributed by atoms with Gasteiger partial charge < -0.3 is 5.11 Å². The van der Waals surface area contributed by atoms with Gasteiger partial charge in [0.15, 0.2) is 6.29 Å². The molecule has 0 aromatic rings. The van der Waals surface area contributed by atoms with E-state index in [9.17, 15) is 9.59 Å². The van der Waals surface area contributed by atoms with Crippen LogP contribution in [0.1, 0.15) is 19.3 Å². The maximum atomic E-state index is 10.5. The molecule has 0 spiro atoms. The molecule has 1 rings (SSSR count). The zero-order valence-corrected chi connectivity index (χ0v) is 7.12. The van der Waals surface area contributed by atoms with Crippen LogP contribution in [-0.2, 0) is 9.59 Å². The molecule has 0 amide bonds. The van der Waals surface area contributed by atoms with E-state index in [1.54, 1.807) is 0 Å². The van der Waals surface area contributed by atoms with E-state index in [0.29, 0.717) is 6.29 Å². The normalized spacial score (nSPS) is 21.5. The number of carboxylic acids is 1. The Morgan fingerprint density at radius 1 is 1.54 bits per heavy atom. The second kappa shape index (κ2) is 4.46. The molecule has 3 nitrogen and oxygen atoms in total. The van der Waals surface area contributed by atoms with E-state index >= 15 is 0 Å². The molecule has 0 heterocycles. The van der Waals surface area contributed by atoms with Crippen molar-refractivity contribution in [1.29, 1.82) is 0 Å². The van der Waals surface area contributed by atoms with Crippen molar-refractivity contribution < 1.29 is 14.7 Å². The monoisotopic (exact) mass is 178 g/mol. The number of rotatable bonds is 3. The Kier molecular flexibility index (Phi) is 3.27. The first-order chi connectivity index (χ1) is 6.24. The van der Waals surface area contributed by atoms with Gasteiger partial charge in [-0.05, 0) is 12.8 Å². The fraction of sp³-hybridized carbons (Fsp3) is 0.400. The molecule has 68 valence electrons. The largest absolute Gasteiger partial charge is 0.478 e. The molecule has 0 bridgehead atoms. The Balaban J connectivity index is 2.75. The Hall–Kier alpha value is -1.56. The zero-order chi connectivity index (χ0) is 9.68. The summed E-state index contributed by atoms with van der Waals surface area (Å²) in [5, 5.41) is 8.56. The number of carbonyl (C=O) groups is 2. The van der Waals surface area contributed by atoms with Gasteiger partial charge in [-0.15, -0.1) is 5.92 Å². The van der Waals surface area contributed by atoms with Crippen LogP contribution < -0.4 is 0 Å². The van der Waals surface area contributed by atoms with Crippen molar-refractivity contribution >= 4 is 12.3 Å². The van der Waals surface area contributed by atoms with Crippen LogP contribution in [0.3, 0.4) is 0 Å². The first kappa shape index (κ1) is 9.53. The number of carbonyl (C=O) groups excluding carboxylic acids is 1. The van der Waals surface area contributed by atoms with Gasteiger partial charge in [0.1, 0.15) is 0 Å². The SMILES string of the molecule is O=CC(=CC1C#CCCC1)C(=O)O. The van der Waals surface area contributed by atoms with Crippen LogP contribution in [0.25, 0.3) is 0 Å². The zero-order valence-electron chi connectivity index (χ0n) is 7.12. The summed E-state index contributed by atoms with van der Waals surface area (Å²) in [7, 11) is 0. The van der Waals surface area contributed by atoms with Crippen molar-refractivity contribution in [3.63, 3.8) is 0 Å². The molecule has 0 fully saturated rings. The average molecular weight is 178 g/mol. The lowest BCUT2D eigenvalue weighted by atomic mass is 9.96. The van der Waals surface area contributed by atoms with E-state index in [1.165, 1.54) is 6.08 Å². The van der Waals surface area contributed by atoms with Crippen molar-refractivity contribution in [3.05, 3.63) is 11.6 Å². The average Bonchev–Trinajstić information content (AvgIpc) is 2.15. The Morgan fingerprint density at radius 3 is 2.77 bits per heavy atom. The van der Waals surface area contributed by atoms with Crippen molar-refractivity contribution in [2.45, 2.75) is 19.3 Å². The summed E-state index contributed by atoms with van der Waals surface area (Å²) in [6.07, 6.45) is 4.48. The highest BCUT2D eigenvalue weighted by Crippen LogP contribution is 2.14. The van der Waals surface area contributed by atoms with Gasteiger partial charge in [-0.2, -0.15) is 0 Å². The van der Waals surface area contributed by atoms with Gasteiger partial charge in [-0.3, -0.25) is 4.79 Å². The van der Waals surface area contributed by atoms with Gasteiger partial charge in [-0.1, -0.05) is 12.0 Å².